The van der Waals surface area contributed by atoms with Gasteiger partial charge in [0.1, 0.15) is 0 Å². The van der Waals surface area contributed by atoms with Crippen LogP contribution in [-0.2, 0) is 0 Å². The number of nitrogens with zero attached hydrogens (tertiary/aromatic N) is 1. The summed E-state index contributed by atoms with van der Waals surface area (Å²) in [4.78, 5) is 7.06. The van der Waals surface area contributed by atoms with Crippen LogP contribution in [0.15, 0.2) is 35.3 Å². The lowest BCUT2D eigenvalue weighted by Gasteiger charge is -2.34. The molecule has 0 saturated heterocycles. The van der Waals surface area contributed by atoms with E-state index in [0.29, 0.717) is 5.67 Å². The minimum absolute atomic E-state index is 0.396. The average Bonchev–Trinajstić information content (AvgIpc) is 2.25. The van der Waals surface area contributed by atoms with E-state index >= 15 is 0 Å². The zero-order valence-electron chi connectivity index (χ0n) is 15.4. The second kappa shape index (κ2) is 6.34. The smallest absolute Gasteiger partial charge is 0.0898 e. The molecule has 4 heteroatoms. The van der Waals surface area contributed by atoms with Crippen molar-refractivity contribution in [2.24, 2.45) is 4.99 Å². The summed E-state index contributed by atoms with van der Waals surface area (Å²) in [6.45, 7) is 22.1. The van der Waals surface area contributed by atoms with Gasteiger partial charge in [0.2, 0.25) is 0 Å². The SMILES string of the molecule is C[Si](C)(C)C(=NC(c1ccccc1)[Si](C)(C)C)[Si](C)(C)C. The minimum atomic E-state index is -1.39. The van der Waals surface area contributed by atoms with E-state index in [9.17, 15) is 0 Å². The van der Waals surface area contributed by atoms with Crippen LogP contribution in [0.3, 0.4) is 0 Å². The summed E-state index contributed by atoms with van der Waals surface area (Å²) < 4.78 is 0. The highest BCUT2D eigenvalue weighted by Crippen LogP contribution is 2.31. The Morgan fingerprint density at radius 1 is 0.762 bits per heavy atom. The van der Waals surface area contributed by atoms with Gasteiger partial charge in [0.15, 0.2) is 0 Å². The molecule has 118 valence electrons. The molecule has 0 spiro atoms. The van der Waals surface area contributed by atoms with Crippen molar-refractivity contribution < 1.29 is 0 Å². The molecule has 1 nitrogen and oxygen atoms in total. The molecule has 0 heterocycles. The first-order valence-electron chi connectivity index (χ1n) is 7.97. The lowest BCUT2D eigenvalue weighted by Crippen LogP contribution is -2.50. The van der Waals surface area contributed by atoms with Crippen LogP contribution in [0.2, 0.25) is 58.9 Å². The molecule has 0 N–H and O–H groups in total. The third-order valence-electron chi connectivity index (χ3n) is 3.61. The van der Waals surface area contributed by atoms with E-state index in [2.05, 4.69) is 89.3 Å². The van der Waals surface area contributed by atoms with Gasteiger partial charge < -0.3 is 0 Å². The molecule has 1 atom stereocenters. The molecule has 0 aliphatic rings. The van der Waals surface area contributed by atoms with Gasteiger partial charge in [-0.25, -0.2) is 0 Å². The van der Waals surface area contributed by atoms with Crippen molar-refractivity contribution in [3.63, 3.8) is 0 Å². The van der Waals surface area contributed by atoms with E-state index in [1.165, 1.54) is 5.56 Å². The highest BCUT2D eigenvalue weighted by molar-refractivity contribution is 7.32. The molecule has 21 heavy (non-hydrogen) atoms. The molecule has 0 aliphatic heterocycles. The fourth-order valence-electron chi connectivity index (χ4n) is 3.04. The monoisotopic (exact) mass is 335 g/mol. The van der Waals surface area contributed by atoms with Gasteiger partial charge in [-0.3, -0.25) is 4.99 Å². The highest BCUT2D eigenvalue weighted by Gasteiger charge is 2.36. The Bertz CT molecular complexity index is 471. The summed E-state index contributed by atoms with van der Waals surface area (Å²) in [5.41, 5.74) is 1.80. The maximum absolute atomic E-state index is 5.46. The summed E-state index contributed by atoms with van der Waals surface area (Å²) in [7, 11) is -4.12. The van der Waals surface area contributed by atoms with Crippen molar-refractivity contribution in [3.05, 3.63) is 35.9 Å². The van der Waals surface area contributed by atoms with E-state index in [-0.39, 0.29) is 0 Å². The summed E-state index contributed by atoms with van der Waals surface area (Å²) in [6.07, 6.45) is 0. The van der Waals surface area contributed by atoms with Crippen molar-refractivity contribution in [3.8, 4) is 0 Å². The van der Waals surface area contributed by atoms with Crippen molar-refractivity contribution in [1.82, 2.24) is 0 Å². The molecule has 1 unspecified atom stereocenters. The Balaban J connectivity index is 3.43. The number of aliphatic imine (C=N–C) groups is 1. The van der Waals surface area contributed by atoms with Crippen LogP contribution in [0.5, 0.6) is 0 Å². The van der Waals surface area contributed by atoms with Crippen LogP contribution in [0.1, 0.15) is 11.2 Å². The molecular weight excluding hydrogens is 302 g/mol. The minimum Gasteiger partial charge on any atom is -0.299 e. The number of rotatable bonds is 5. The predicted octanol–water partition coefficient (Wildman–Crippen LogP) is 5.80. The maximum Gasteiger partial charge on any atom is 0.0898 e. The quantitative estimate of drug-likeness (QED) is 0.476. The van der Waals surface area contributed by atoms with Crippen molar-refractivity contribution in [2.45, 2.75) is 64.6 Å². The van der Waals surface area contributed by atoms with Crippen LogP contribution < -0.4 is 0 Å². The van der Waals surface area contributed by atoms with E-state index in [4.69, 9.17) is 4.99 Å². The van der Waals surface area contributed by atoms with Gasteiger partial charge in [-0.15, -0.1) is 0 Å². The van der Waals surface area contributed by atoms with Gasteiger partial charge in [-0.05, 0) is 10.5 Å². The normalized spacial score (nSPS) is 14.7. The predicted molar refractivity (Wildman–Crippen MR) is 107 cm³/mol. The van der Waals surface area contributed by atoms with E-state index in [1.807, 2.05) is 0 Å². The van der Waals surface area contributed by atoms with Gasteiger partial charge in [0.25, 0.3) is 0 Å². The summed E-state index contributed by atoms with van der Waals surface area (Å²) in [5, 5.41) is 0. The number of benzene rings is 1. The molecule has 1 aromatic rings. The van der Waals surface area contributed by atoms with E-state index < -0.39 is 24.2 Å². The second-order valence-electron chi connectivity index (χ2n) is 9.16. The zero-order chi connectivity index (χ0) is 16.5. The molecule has 0 aromatic heterocycles. The number of hydrogen-bond donors (Lipinski definition) is 0. The first-order valence-corrected chi connectivity index (χ1v) is 18.5. The third-order valence-corrected chi connectivity index (χ3v) is 13.3. The van der Waals surface area contributed by atoms with Gasteiger partial charge in [-0.2, -0.15) is 0 Å². The number of hydrogen-bond acceptors (Lipinski definition) is 1. The molecule has 1 rings (SSSR count). The topological polar surface area (TPSA) is 12.4 Å². The Kier molecular flexibility index (Phi) is 5.62. The van der Waals surface area contributed by atoms with Crippen molar-refractivity contribution in [1.29, 1.82) is 0 Å². The maximum atomic E-state index is 5.46. The summed E-state index contributed by atoms with van der Waals surface area (Å²) in [6, 6.07) is 10.9. The molecular formula is C17H33NSi3. The average molecular weight is 336 g/mol. The third kappa shape index (κ3) is 5.34. The molecule has 1 aromatic carbocycles. The van der Waals surface area contributed by atoms with Crippen molar-refractivity contribution >= 4 is 29.2 Å². The molecule has 0 radical (unpaired) electrons. The van der Waals surface area contributed by atoms with Crippen LogP contribution in [0, 0.1) is 0 Å². The summed E-state index contributed by atoms with van der Waals surface area (Å²) in [5.74, 6) is 0. The molecule has 0 aliphatic carbocycles. The summed E-state index contributed by atoms with van der Waals surface area (Å²) >= 11 is 0. The Labute approximate surface area is 134 Å². The standard InChI is InChI=1S/C17H33NSi3/c1-19(2,3)16(15-13-11-10-12-14-15)18-17(20(4,5)6)21(7,8)9/h10-14,16H,1-9H3. The van der Waals surface area contributed by atoms with E-state index in [1.54, 1.807) is 4.96 Å². The van der Waals surface area contributed by atoms with Crippen LogP contribution >= 0.6 is 0 Å². The first kappa shape index (κ1) is 18.6. The lowest BCUT2D eigenvalue weighted by atomic mass is 10.2. The van der Waals surface area contributed by atoms with Crippen molar-refractivity contribution in [2.75, 3.05) is 0 Å². The Morgan fingerprint density at radius 3 is 1.52 bits per heavy atom. The fraction of sp³-hybridized carbons (Fsp3) is 0.588. The second-order valence-corrected chi connectivity index (χ2v) is 24.9. The lowest BCUT2D eigenvalue weighted by molar-refractivity contribution is 0.965. The highest BCUT2D eigenvalue weighted by atomic mass is 28.4. The largest absolute Gasteiger partial charge is 0.299 e. The van der Waals surface area contributed by atoms with Gasteiger partial charge in [0, 0.05) is 0 Å². The van der Waals surface area contributed by atoms with Crippen LogP contribution in [0.25, 0.3) is 0 Å². The van der Waals surface area contributed by atoms with Crippen LogP contribution in [0.4, 0.5) is 0 Å². The zero-order valence-corrected chi connectivity index (χ0v) is 18.4. The molecule has 0 fully saturated rings. The van der Waals surface area contributed by atoms with Gasteiger partial charge >= 0.3 is 0 Å². The van der Waals surface area contributed by atoms with Gasteiger partial charge in [-0.1, -0.05) is 89.3 Å². The fourth-order valence-corrected chi connectivity index (χ4v) is 15.0. The molecule has 0 bridgehead atoms. The Hall–Kier alpha value is -0.459. The van der Waals surface area contributed by atoms with Crippen LogP contribution in [-0.4, -0.2) is 29.2 Å². The Morgan fingerprint density at radius 2 is 1.19 bits per heavy atom. The molecule has 0 amide bonds. The van der Waals surface area contributed by atoms with E-state index in [0.717, 1.165) is 0 Å². The first-order chi connectivity index (χ1) is 9.33. The molecule has 0 saturated carbocycles. The van der Waals surface area contributed by atoms with Gasteiger partial charge in [0.05, 0.1) is 29.9 Å².